The van der Waals surface area contributed by atoms with Gasteiger partial charge in [0.25, 0.3) is 0 Å². The molecule has 0 aliphatic rings. The molecule has 0 saturated carbocycles. The first kappa shape index (κ1) is 28.6. The number of nitrogens with zero attached hydrogens (tertiary/aromatic N) is 1. The number of carbonyl (C=O) groups excluding carboxylic acids is 3. The van der Waals surface area contributed by atoms with Crippen LogP contribution < -0.4 is 33.2 Å². The fourth-order valence-electron chi connectivity index (χ4n) is 2.54. The topological polar surface area (TPSA) is 252 Å². The molecule has 0 fully saturated rings. The van der Waals surface area contributed by atoms with Crippen molar-refractivity contribution in [2.75, 3.05) is 13.1 Å². The zero-order valence-electron chi connectivity index (χ0n) is 18.2. The SMILES string of the molecule is CC(C)CC(NC(=O)C(N)CCCN=C(N)N)C(=O)NCC(=O)NC(CC(=O)O)C(=O)O. The van der Waals surface area contributed by atoms with Gasteiger partial charge in [-0.3, -0.25) is 24.2 Å². The van der Waals surface area contributed by atoms with E-state index in [-0.39, 0.29) is 24.7 Å². The number of hydrogen-bond donors (Lipinski definition) is 8. The summed E-state index contributed by atoms with van der Waals surface area (Å²) >= 11 is 0. The Labute approximate surface area is 185 Å². The van der Waals surface area contributed by atoms with E-state index >= 15 is 0 Å². The number of carboxylic acids is 2. The molecule has 32 heavy (non-hydrogen) atoms. The van der Waals surface area contributed by atoms with E-state index in [9.17, 15) is 24.0 Å². The van der Waals surface area contributed by atoms with E-state index in [2.05, 4.69) is 15.6 Å². The number of aliphatic imine (C=N–C) groups is 1. The predicted molar refractivity (Wildman–Crippen MR) is 114 cm³/mol. The molecule has 0 bridgehead atoms. The van der Waals surface area contributed by atoms with Gasteiger partial charge in [-0.1, -0.05) is 13.8 Å². The summed E-state index contributed by atoms with van der Waals surface area (Å²) < 4.78 is 0. The molecule has 0 radical (unpaired) electrons. The van der Waals surface area contributed by atoms with Crippen molar-refractivity contribution in [1.82, 2.24) is 16.0 Å². The zero-order valence-corrected chi connectivity index (χ0v) is 18.2. The number of nitrogens with two attached hydrogens (primary N) is 3. The van der Waals surface area contributed by atoms with Gasteiger partial charge in [0.05, 0.1) is 19.0 Å². The lowest BCUT2D eigenvalue weighted by atomic mass is 10.0. The smallest absolute Gasteiger partial charge is 0.326 e. The van der Waals surface area contributed by atoms with Crippen molar-refractivity contribution in [1.29, 1.82) is 0 Å². The first-order chi connectivity index (χ1) is 14.8. The Morgan fingerprint density at radius 2 is 1.59 bits per heavy atom. The van der Waals surface area contributed by atoms with Gasteiger partial charge < -0.3 is 43.4 Å². The molecular weight excluding hydrogens is 426 g/mol. The summed E-state index contributed by atoms with van der Waals surface area (Å²) in [5.74, 6) is -5.10. The molecule has 3 amide bonds. The minimum atomic E-state index is -1.64. The van der Waals surface area contributed by atoms with Gasteiger partial charge in [0, 0.05) is 6.54 Å². The average Bonchev–Trinajstić information content (AvgIpc) is 2.67. The number of amides is 3. The first-order valence-corrected chi connectivity index (χ1v) is 9.96. The quantitative estimate of drug-likeness (QED) is 0.0702. The third-order valence-electron chi connectivity index (χ3n) is 4.08. The van der Waals surface area contributed by atoms with E-state index in [0.717, 1.165) is 0 Å². The maximum absolute atomic E-state index is 12.5. The van der Waals surface area contributed by atoms with Crippen LogP contribution in [-0.2, 0) is 24.0 Å². The highest BCUT2D eigenvalue weighted by Crippen LogP contribution is 2.06. The fraction of sp³-hybridized carbons (Fsp3) is 0.667. The van der Waals surface area contributed by atoms with Crippen molar-refractivity contribution < 1.29 is 34.2 Å². The lowest BCUT2D eigenvalue weighted by Crippen LogP contribution is -2.54. The number of aliphatic carboxylic acids is 2. The van der Waals surface area contributed by atoms with E-state index in [0.29, 0.717) is 13.0 Å². The molecule has 0 aromatic heterocycles. The monoisotopic (exact) mass is 459 g/mol. The third-order valence-corrected chi connectivity index (χ3v) is 4.08. The molecule has 0 heterocycles. The molecule has 3 unspecified atom stereocenters. The molecular formula is C18H33N7O7. The van der Waals surface area contributed by atoms with Gasteiger partial charge in [0.15, 0.2) is 5.96 Å². The summed E-state index contributed by atoms with van der Waals surface area (Å²) in [7, 11) is 0. The average molecular weight is 460 g/mol. The summed E-state index contributed by atoms with van der Waals surface area (Å²) in [5, 5.41) is 24.5. The van der Waals surface area contributed by atoms with E-state index in [4.69, 9.17) is 27.4 Å². The normalized spacial score (nSPS) is 13.4. The molecule has 14 nitrogen and oxygen atoms in total. The number of nitrogens with one attached hydrogen (secondary N) is 3. The van der Waals surface area contributed by atoms with Crippen LogP contribution in [-0.4, -0.2) is 77.0 Å². The zero-order chi connectivity index (χ0) is 24.8. The first-order valence-electron chi connectivity index (χ1n) is 9.96. The Balaban J connectivity index is 4.81. The van der Waals surface area contributed by atoms with E-state index in [1.165, 1.54) is 0 Å². The fourth-order valence-corrected chi connectivity index (χ4v) is 2.54. The van der Waals surface area contributed by atoms with Gasteiger partial charge in [-0.15, -0.1) is 0 Å². The number of guanidine groups is 1. The second-order valence-electron chi connectivity index (χ2n) is 7.52. The number of hydrogen-bond acceptors (Lipinski definition) is 7. The lowest BCUT2D eigenvalue weighted by molar-refractivity contribution is -0.147. The Bertz CT molecular complexity index is 708. The van der Waals surface area contributed by atoms with Crippen molar-refractivity contribution in [2.45, 2.75) is 57.7 Å². The molecule has 3 atom stereocenters. The summed E-state index contributed by atoms with van der Waals surface area (Å²) in [6.45, 7) is 3.36. The highest BCUT2D eigenvalue weighted by atomic mass is 16.4. The molecule has 182 valence electrons. The van der Waals surface area contributed by atoms with Crippen LogP contribution >= 0.6 is 0 Å². The van der Waals surface area contributed by atoms with Crippen LogP contribution in [0.2, 0.25) is 0 Å². The summed E-state index contributed by atoms with van der Waals surface area (Å²) in [6, 6.07) is -3.52. The van der Waals surface area contributed by atoms with E-state index in [1.54, 1.807) is 0 Å². The summed E-state index contributed by atoms with van der Waals surface area (Å²) in [5.41, 5.74) is 16.3. The standard InChI is InChI=1S/C18H33N7O7/c1-9(2)6-11(25-15(29)10(19)4-3-5-22-18(20)21)16(30)23-8-13(26)24-12(17(31)32)7-14(27)28/h9-12H,3-8,19H2,1-2H3,(H,23,30)(H,24,26)(H,25,29)(H,27,28)(H,31,32)(H4,20,21,22). The van der Waals surface area contributed by atoms with E-state index in [1.807, 2.05) is 19.2 Å². The maximum Gasteiger partial charge on any atom is 0.326 e. The van der Waals surface area contributed by atoms with Gasteiger partial charge in [0.1, 0.15) is 12.1 Å². The lowest BCUT2D eigenvalue weighted by Gasteiger charge is -2.22. The van der Waals surface area contributed by atoms with Crippen LogP contribution in [0.3, 0.4) is 0 Å². The second-order valence-corrected chi connectivity index (χ2v) is 7.52. The van der Waals surface area contributed by atoms with Crippen molar-refractivity contribution in [3.8, 4) is 0 Å². The van der Waals surface area contributed by atoms with Crippen LogP contribution in [0.15, 0.2) is 4.99 Å². The van der Waals surface area contributed by atoms with Crippen molar-refractivity contribution in [3.63, 3.8) is 0 Å². The molecule has 0 saturated heterocycles. The molecule has 0 aliphatic carbocycles. The molecule has 0 aliphatic heterocycles. The van der Waals surface area contributed by atoms with Gasteiger partial charge in [-0.05, 0) is 25.2 Å². The van der Waals surface area contributed by atoms with Crippen molar-refractivity contribution >= 4 is 35.6 Å². The second kappa shape index (κ2) is 14.6. The number of rotatable bonds is 15. The Kier molecular flexibility index (Phi) is 13.0. The van der Waals surface area contributed by atoms with Crippen LogP contribution in [0.1, 0.15) is 39.5 Å². The van der Waals surface area contributed by atoms with Crippen molar-refractivity contribution in [3.05, 3.63) is 0 Å². The highest BCUT2D eigenvalue weighted by molar-refractivity contribution is 5.93. The van der Waals surface area contributed by atoms with Gasteiger partial charge in [-0.2, -0.15) is 0 Å². The Hall–Kier alpha value is -3.42. The van der Waals surface area contributed by atoms with Gasteiger partial charge in [-0.25, -0.2) is 4.79 Å². The predicted octanol–water partition coefficient (Wildman–Crippen LogP) is -2.94. The van der Waals surface area contributed by atoms with Crippen LogP contribution in [0, 0.1) is 5.92 Å². The van der Waals surface area contributed by atoms with Crippen molar-refractivity contribution in [2.24, 2.45) is 28.1 Å². The van der Waals surface area contributed by atoms with Gasteiger partial charge in [0.2, 0.25) is 17.7 Å². The molecule has 0 aromatic rings. The summed E-state index contributed by atoms with van der Waals surface area (Å²) in [4.78, 5) is 62.2. The molecule has 14 heteroatoms. The van der Waals surface area contributed by atoms with Crippen LogP contribution in [0.4, 0.5) is 0 Å². The largest absolute Gasteiger partial charge is 0.481 e. The Morgan fingerprint density at radius 1 is 0.969 bits per heavy atom. The summed E-state index contributed by atoms with van der Waals surface area (Å²) in [6.07, 6.45) is 0.175. The maximum atomic E-state index is 12.5. The molecule has 0 aromatic carbocycles. The molecule has 0 rings (SSSR count). The minimum Gasteiger partial charge on any atom is -0.481 e. The highest BCUT2D eigenvalue weighted by Gasteiger charge is 2.26. The molecule has 11 N–H and O–H groups in total. The minimum absolute atomic E-state index is 0.0184. The molecule has 0 spiro atoms. The Morgan fingerprint density at radius 3 is 2.09 bits per heavy atom. The van der Waals surface area contributed by atoms with Gasteiger partial charge >= 0.3 is 11.9 Å². The van der Waals surface area contributed by atoms with E-state index < -0.39 is 60.8 Å². The number of carboxylic acid groups (broad SMARTS) is 2. The third kappa shape index (κ3) is 13.0. The van der Waals surface area contributed by atoms with Crippen LogP contribution in [0.25, 0.3) is 0 Å². The number of carbonyl (C=O) groups is 5. The van der Waals surface area contributed by atoms with Crippen LogP contribution in [0.5, 0.6) is 0 Å².